The van der Waals surface area contributed by atoms with Gasteiger partial charge in [-0.3, -0.25) is 4.79 Å². The molecule has 3 rings (SSSR count). The number of rotatable bonds is 8. The van der Waals surface area contributed by atoms with E-state index in [2.05, 4.69) is 10.1 Å². The van der Waals surface area contributed by atoms with E-state index in [1.54, 1.807) is 0 Å². The maximum absolute atomic E-state index is 12.6. The van der Waals surface area contributed by atoms with E-state index in [1.165, 1.54) is 53.7 Å². The average Bonchev–Trinajstić information content (AvgIpc) is 2.79. The van der Waals surface area contributed by atoms with Crippen molar-refractivity contribution >= 4 is 27.6 Å². The molecule has 1 saturated heterocycles. The standard InChI is InChI=1S/C21H22F2N2O7S/c1-14(31-20(27)15-3-2-4-17(13-15)32-21(22)23)19(26)24-16-5-7-18(8-6-16)33(28,29)25-9-11-30-12-10-25/h2-8,13-14,21H,9-12H2,1H3,(H,24,26)/t14-/m1/s1. The Balaban J connectivity index is 1.59. The van der Waals surface area contributed by atoms with Crippen LogP contribution in [0.25, 0.3) is 0 Å². The molecule has 1 fully saturated rings. The number of morpholine rings is 1. The van der Waals surface area contributed by atoms with Crippen molar-refractivity contribution < 1.29 is 41.0 Å². The summed E-state index contributed by atoms with van der Waals surface area (Å²) >= 11 is 0. The normalized spacial score (nSPS) is 15.6. The lowest BCUT2D eigenvalue weighted by atomic mass is 10.2. The van der Waals surface area contributed by atoms with Gasteiger partial charge in [-0.2, -0.15) is 13.1 Å². The van der Waals surface area contributed by atoms with Gasteiger partial charge in [0.2, 0.25) is 10.0 Å². The first kappa shape index (κ1) is 24.6. The molecule has 0 unspecified atom stereocenters. The summed E-state index contributed by atoms with van der Waals surface area (Å²) in [6.45, 7) is -0.525. The van der Waals surface area contributed by atoms with Crippen LogP contribution in [0, 0.1) is 0 Å². The van der Waals surface area contributed by atoms with Crippen molar-refractivity contribution in [1.29, 1.82) is 0 Å². The number of halogens is 2. The topological polar surface area (TPSA) is 111 Å². The van der Waals surface area contributed by atoms with Gasteiger partial charge in [0.1, 0.15) is 5.75 Å². The van der Waals surface area contributed by atoms with Crippen molar-refractivity contribution in [2.24, 2.45) is 0 Å². The van der Waals surface area contributed by atoms with Gasteiger partial charge in [-0.15, -0.1) is 0 Å². The maximum atomic E-state index is 12.6. The molecule has 0 bridgehead atoms. The third kappa shape index (κ3) is 6.46. The highest BCUT2D eigenvalue weighted by molar-refractivity contribution is 7.89. The number of sulfonamides is 1. The van der Waals surface area contributed by atoms with E-state index < -0.39 is 34.6 Å². The lowest BCUT2D eigenvalue weighted by molar-refractivity contribution is -0.123. The van der Waals surface area contributed by atoms with Gasteiger partial charge in [0.25, 0.3) is 5.91 Å². The van der Waals surface area contributed by atoms with Crippen LogP contribution in [0.5, 0.6) is 5.75 Å². The Kier molecular flexibility index (Phi) is 7.95. The number of esters is 1. The minimum absolute atomic E-state index is 0.0644. The zero-order valence-corrected chi connectivity index (χ0v) is 18.4. The van der Waals surface area contributed by atoms with Crippen LogP contribution < -0.4 is 10.1 Å². The smallest absolute Gasteiger partial charge is 0.387 e. The van der Waals surface area contributed by atoms with E-state index in [0.717, 1.165) is 6.07 Å². The fourth-order valence-corrected chi connectivity index (χ4v) is 4.38. The van der Waals surface area contributed by atoms with Crippen molar-refractivity contribution in [3.63, 3.8) is 0 Å². The molecule has 1 aliphatic heterocycles. The first-order valence-corrected chi connectivity index (χ1v) is 11.4. The van der Waals surface area contributed by atoms with Gasteiger partial charge in [0.15, 0.2) is 6.10 Å². The molecule has 0 saturated carbocycles. The maximum Gasteiger partial charge on any atom is 0.387 e. The van der Waals surface area contributed by atoms with Crippen LogP contribution in [0.2, 0.25) is 0 Å². The number of carbonyl (C=O) groups excluding carboxylic acids is 2. The van der Waals surface area contributed by atoms with Crippen LogP contribution in [-0.2, 0) is 24.3 Å². The molecule has 2 aromatic rings. The number of amides is 1. The third-order valence-corrected chi connectivity index (χ3v) is 6.59. The minimum atomic E-state index is -3.67. The van der Waals surface area contributed by atoms with E-state index in [9.17, 15) is 26.8 Å². The Morgan fingerprint density at radius 3 is 2.39 bits per heavy atom. The lowest BCUT2D eigenvalue weighted by Gasteiger charge is -2.26. The van der Waals surface area contributed by atoms with Crippen molar-refractivity contribution in [2.45, 2.75) is 24.5 Å². The summed E-state index contributed by atoms with van der Waals surface area (Å²) < 4.78 is 65.8. The Morgan fingerprint density at radius 2 is 1.76 bits per heavy atom. The Hall–Kier alpha value is -3.09. The Bertz CT molecular complexity index is 1090. The molecule has 1 aliphatic rings. The predicted octanol–water partition coefficient (Wildman–Crippen LogP) is 2.49. The minimum Gasteiger partial charge on any atom is -0.449 e. The number of hydrogen-bond acceptors (Lipinski definition) is 7. The predicted molar refractivity (Wildman–Crippen MR) is 113 cm³/mol. The molecule has 12 heteroatoms. The van der Waals surface area contributed by atoms with Gasteiger partial charge >= 0.3 is 12.6 Å². The van der Waals surface area contributed by atoms with Crippen molar-refractivity contribution in [1.82, 2.24) is 4.31 Å². The van der Waals surface area contributed by atoms with Crippen molar-refractivity contribution in [2.75, 3.05) is 31.6 Å². The van der Waals surface area contributed by atoms with Gasteiger partial charge in [0.05, 0.1) is 23.7 Å². The number of carbonyl (C=O) groups is 2. The molecular formula is C21H22F2N2O7S. The zero-order chi connectivity index (χ0) is 24.0. The SMILES string of the molecule is C[C@@H](OC(=O)c1cccc(OC(F)F)c1)C(=O)Nc1ccc(S(=O)(=O)N2CCOCC2)cc1. The van der Waals surface area contributed by atoms with Crippen LogP contribution >= 0.6 is 0 Å². The number of benzene rings is 2. The molecule has 0 radical (unpaired) electrons. The molecule has 0 aromatic heterocycles. The molecule has 1 atom stereocenters. The molecule has 0 aliphatic carbocycles. The highest BCUT2D eigenvalue weighted by atomic mass is 32.2. The highest BCUT2D eigenvalue weighted by Gasteiger charge is 2.26. The summed E-state index contributed by atoms with van der Waals surface area (Å²) in [4.78, 5) is 24.7. The Morgan fingerprint density at radius 1 is 1.09 bits per heavy atom. The summed E-state index contributed by atoms with van der Waals surface area (Å²) in [5.74, 6) is -1.78. The molecular weight excluding hydrogens is 462 g/mol. The Labute approximate surface area is 189 Å². The molecule has 0 spiro atoms. The van der Waals surface area contributed by atoms with Gasteiger partial charge < -0.3 is 19.5 Å². The fourth-order valence-electron chi connectivity index (χ4n) is 2.97. The zero-order valence-electron chi connectivity index (χ0n) is 17.6. The molecule has 1 heterocycles. The van der Waals surface area contributed by atoms with E-state index in [0.29, 0.717) is 18.9 Å². The number of anilines is 1. The van der Waals surface area contributed by atoms with Crippen LogP contribution in [0.3, 0.4) is 0 Å². The number of alkyl halides is 2. The largest absolute Gasteiger partial charge is 0.449 e. The number of nitrogens with one attached hydrogen (secondary N) is 1. The van der Waals surface area contributed by atoms with Gasteiger partial charge in [-0.05, 0) is 49.4 Å². The second-order valence-electron chi connectivity index (χ2n) is 6.98. The van der Waals surface area contributed by atoms with Crippen molar-refractivity contribution in [3.8, 4) is 5.75 Å². The van der Waals surface area contributed by atoms with E-state index in [-0.39, 0.29) is 29.3 Å². The van der Waals surface area contributed by atoms with E-state index in [4.69, 9.17) is 9.47 Å². The van der Waals surface area contributed by atoms with Crippen LogP contribution in [0.15, 0.2) is 53.4 Å². The van der Waals surface area contributed by atoms with Gasteiger partial charge in [0, 0.05) is 18.8 Å². The molecule has 33 heavy (non-hydrogen) atoms. The quantitative estimate of drug-likeness (QED) is 0.573. The van der Waals surface area contributed by atoms with Crippen LogP contribution in [-0.4, -0.2) is 63.6 Å². The molecule has 1 N–H and O–H groups in total. The van der Waals surface area contributed by atoms with Crippen LogP contribution in [0.4, 0.5) is 14.5 Å². The summed E-state index contributed by atoms with van der Waals surface area (Å²) in [7, 11) is -3.67. The average molecular weight is 484 g/mol. The number of ether oxygens (including phenoxy) is 3. The fraction of sp³-hybridized carbons (Fsp3) is 0.333. The number of nitrogens with zero attached hydrogens (tertiary/aromatic N) is 1. The van der Waals surface area contributed by atoms with E-state index >= 15 is 0 Å². The molecule has 1 amide bonds. The van der Waals surface area contributed by atoms with Crippen LogP contribution in [0.1, 0.15) is 17.3 Å². The summed E-state index contributed by atoms with van der Waals surface area (Å²) in [6.07, 6.45) is -1.21. The van der Waals surface area contributed by atoms with E-state index in [1.807, 2.05) is 0 Å². The second-order valence-corrected chi connectivity index (χ2v) is 8.92. The summed E-state index contributed by atoms with van der Waals surface area (Å²) in [5, 5.41) is 2.53. The lowest BCUT2D eigenvalue weighted by Crippen LogP contribution is -2.40. The summed E-state index contributed by atoms with van der Waals surface area (Å²) in [6, 6.07) is 10.6. The molecule has 9 nitrogen and oxygen atoms in total. The molecule has 178 valence electrons. The van der Waals surface area contributed by atoms with Crippen molar-refractivity contribution in [3.05, 3.63) is 54.1 Å². The van der Waals surface area contributed by atoms with Gasteiger partial charge in [-0.25, -0.2) is 13.2 Å². The second kappa shape index (κ2) is 10.7. The first-order chi connectivity index (χ1) is 15.7. The monoisotopic (exact) mass is 484 g/mol. The summed E-state index contributed by atoms with van der Waals surface area (Å²) in [5.41, 5.74) is 0.238. The van der Waals surface area contributed by atoms with Gasteiger partial charge in [-0.1, -0.05) is 6.07 Å². The first-order valence-electron chi connectivity index (χ1n) is 9.91. The highest BCUT2D eigenvalue weighted by Crippen LogP contribution is 2.20. The number of hydrogen-bond donors (Lipinski definition) is 1. The molecule has 2 aromatic carbocycles. The third-order valence-electron chi connectivity index (χ3n) is 4.68.